The Bertz CT molecular complexity index is 2490. The van der Waals surface area contributed by atoms with Crippen LogP contribution in [0.2, 0.25) is 5.04 Å². The Kier molecular flexibility index (Phi) is 14.9. The molecule has 14 nitrogen and oxygen atoms in total. The van der Waals surface area contributed by atoms with Gasteiger partial charge < -0.3 is 42.9 Å². The SMILES string of the molecule is COc1c(C)c(OC)c(OC(C)=O)c2c1C[C@H]1[C@H]3[C@H](CO[Si](c4ccccc4)(c4ccccc4)C(C)(C)C)C[C@@H]([C@H](C#N)N1[C@H]2CO[C@@H]1C[C@@](C)(O)[C@@H](N(C)C)[C@@H](C)O1)N3C(=O)OCc1ccccc1. The van der Waals surface area contributed by atoms with Crippen LogP contribution < -0.4 is 24.6 Å². The van der Waals surface area contributed by atoms with Gasteiger partial charge in [0.1, 0.15) is 18.4 Å². The molecular formula is C55H70N4O10Si. The molecule has 15 heteroatoms. The van der Waals surface area contributed by atoms with Crippen LogP contribution >= 0.6 is 0 Å². The monoisotopic (exact) mass is 974 g/mol. The number of benzene rings is 4. The predicted octanol–water partition coefficient (Wildman–Crippen LogP) is 6.92. The Morgan fingerprint density at radius 2 is 1.51 bits per heavy atom. The first-order chi connectivity index (χ1) is 33.4. The molecule has 4 aromatic rings. The van der Waals surface area contributed by atoms with E-state index < -0.39 is 62.5 Å². The number of ether oxygens (including phenoxy) is 6. The molecule has 1 N–H and O–H groups in total. The second-order valence-electron chi connectivity index (χ2n) is 20.9. The largest absolute Gasteiger partial charge is 0.496 e. The van der Waals surface area contributed by atoms with Gasteiger partial charge in [-0.3, -0.25) is 14.6 Å². The molecule has 3 saturated heterocycles. The molecule has 0 aliphatic carbocycles. The fraction of sp³-hybridized carbons (Fsp3) is 0.509. The number of amides is 1. The number of hydrogen-bond acceptors (Lipinski definition) is 13. The van der Waals surface area contributed by atoms with Crippen molar-refractivity contribution in [3.8, 4) is 23.3 Å². The highest BCUT2D eigenvalue weighted by Crippen LogP contribution is 2.56. The quantitative estimate of drug-likeness (QED) is 0.0792. The van der Waals surface area contributed by atoms with Gasteiger partial charge in [-0.25, -0.2) is 4.79 Å². The zero-order chi connectivity index (χ0) is 50.3. The molecule has 8 rings (SSSR count). The van der Waals surface area contributed by atoms with E-state index in [2.05, 4.69) is 80.3 Å². The molecule has 0 saturated carbocycles. The third kappa shape index (κ3) is 9.24. The van der Waals surface area contributed by atoms with E-state index in [4.69, 9.17) is 32.8 Å². The zero-order valence-electron chi connectivity index (χ0n) is 42.5. The van der Waals surface area contributed by atoms with Gasteiger partial charge >= 0.3 is 12.1 Å². The summed E-state index contributed by atoms with van der Waals surface area (Å²) in [5.41, 5.74) is 1.65. The van der Waals surface area contributed by atoms with Crippen LogP contribution in [-0.2, 0) is 36.5 Å². The lowest BCUT2D eigenvalue weighted by molar-refractivity contribution is -0.260. The molecule has 2 bridgehead atoms. The summed E-state index contributed by atoms with van der Waals surface area (Å²) in [4.78, 5) is 34.0. The lowest BCUT2D eigenvalue weighted by Gasteiger charge is -2.55. The van der Waals surface area contributed by atoms with Crippen molar-refractivity contribution in [2.24, 2.45) is 5.92 Å². The summed E-state index contributed by atoms with van der Waals surface area (Å²) in [5.74, 6) is 0.269. The summed E-state index contributed by atoms with van der Waals surface area (Å²) in [7, 11) is 3.87. The molecule has 4 heterocycles. The van der Waals surface area contributed by atoms with E-state index in [1.165, 1.54) is 14.0 Å². The first kappa shape index (κ1) is 51.1. The van der Waals surface area contributed by atoms with E-state index in [-0.39, 0.29) is 48.5 Å². The maximum atomic E-state index is 15.0. The van der Waals surface area contributed by atoms with E-state index in [9.17, 15) is 20.0 Å². The normalized spacial score (nSPS) is 27.5. The first-order valence-corrected chi connectivity index (χ1v) is 26.3. The minimum absolute atomic E-state index is 0.0352. The number of methoxy groups -OCH3 is 2. The highest BCUT2D eigenvalue weighted by atomic mass is 28.4. The lowest BCUT2D eigenvalue weighted by atomic mass is 9.79. The van der Waals surface area contributed by atoms with Gasteiger partial charge in [0.2, 0.25) is 0 Å². The fourth-order valence-electron chi connectivity index (χ4n) is 12.7. The molecule has 10 atom stereocenters. The summed E-state index contributed by atoms with van der Waals surface area (Å²) in [6.07, 6.45) is -0.790. The van der Waals surface area contributed by atoms with E-state index in [0.717, 1.165) is 21.5 Å². The average molecular weight is 975 g/mol. The number of aliphatic hydroxyl groups is 1. The molecular weight excluding hydrogens is 905 g/mol. The maximum absolute atomic E-state index is 15.0. The van der Waals surface area contributed by atoms with Gasteiger partial charge in [0.15, 0.2) is 17.8 Å². The first-order valence-electron chi connectivity index (χ1n) is 24.4. The maximum Gasteiger partial charge on any atom is 0.410 e. The Balaban J connectivity index is 1.28. The summed E-state index contributed by atoms with van der Waals surface area (Å²) < 4.78 is 45.6. The third-order valence-electron chi connectivity index (χ3n) is 15.2. The van der Waals surface area contributed by atoms with Crippen LogP contribution in [0.5, 0.6) is 17.2 Å². The molecule has 0 unspecified atom stereocenters. The van der Waals surface area contributed by atoms with Crippen molar-refractivity contribution in [2.45, 2.75) is 134 Å². The lowest BCUT2D eigenvalue weighted by Crippen LogP contribution is -2.69. The molecule has 0 spiro atoms. The van der Waals surface area contributed by atoms with Crippen LogP contribution in [0.3, 0.4) is 0 Å². The standard InChI is InChI=1S/C55H70N4O10Si/c1-34-49(63-10)41-28-43-48-38(32-67-70(54(4,5)6,39-23-17-13-18-24-39)40-25-19-14-20-26-40)27-42(59(48)53(61)66-31-37-21-15-12-16-22-37)44(30-56)58(43)45(47(41)51(50(34)64-11)69-36(3)60)33-65-46-29-55(7,62)52(57(8)9)35(2)68-46/h12-26,35,38,42-46,48,52,62H,27-29,31-33H2,1-11H3/t35-,38+,42+,43+,44+,45+,46+,48-,52+,55-/m1/s1. The van der Waals surface area contributed by atoms with Crippen molar-refractivity contribution in [3.63, 3.8) is 0 Å². The summed E-state index contributed by atoms with van der Waals surface area (Å²) in [5, 5.41) is 25.4. The fourth-order valence-corrected chi connectivity index (χ4v) is 17.3. The van der Waals surface area contributed by atoms with Crippen LogP contribution in [-0.4, -0.2) is 130 Å². The molecule has 70 heavy (non-hydrogen) atoms. The Labute approximate surface area is 414 Å². The number of fused-ring (bicyclic) bond motifs is 5. The summed E-state index contributed by atoms with van der Waals surface area (Å²) >= 11 is 0. The Morgan fingerprint density at radius 1 is 0.914 bits per heavy atom. The Hall–Kier alpha value is -5.31. The number of nitrogens with zero attached hydrogens (tertiary/aromatic N) is 4. The number of carbonyl (C=O) groups excluding carboxylic acids is 2. The molecule has 4 aromatic carbocycles. The van der Waals surface area contributed by atoms with Gasteiger partial charge in [0, 0.05) is 48.6 Å². The topological polar surface area (TPSA) is 152 Å². The highest BCUT2D eigenvalue weighted by Gasteiger charge is 2.63. The molecule has 1 amide bonds. The van der Waals surface area contributed by atoms with Crippen LogP contribution in [0.1, 0.15) is 82.7 Å². The number of carbonyl (C=O) groups is 2. The van der Waals surface area contributed by atoms with E-state index in [1.54, 1.807) is 14.0 Å². The number of esters is 1. The van der Waals surface area contributed by atoms with Gasteiger partial charge in [-0.2, -0.15) is 5.26 Å². The number of likely N-dealkylation sites (N-methyl/N-ethyl adjacent to an activating group) is 1. The highest BCUT2D eigenvalue weighted by molar-refractivity contribution is 6.99. The van der Waals surface area contributed by atoms with Crippen molar-refractivity contribution >= 4 is 30.8 Å². The van der Waals surface area contributed by atoms with Crippen molar-refractivity contribution in [3.05, 3.63) is 113 Å². The van der Waals surface area contributed by atoms with Gasteiger partial charge in [0.25, 0.3) is 8.32 Å². The second-order valence-corrected chi connectivity index (χ2v) is 25.2. The second kappa shape index (κ2) is 20.4. The molecule has 4 aliphatic heterocycles. The molecule has 0 aromatic heterocycles. The smallest absolute Gasteiger partial charge is 0.410 e. The predicted molar refractivity (Wildman–Crippen MR) is 268 cm³/mol. The number of hydrogen-bond donors (Lipinski definition) is 1. The van der Waals surface area contributed by atoms with Crippen LogP contribution in [0.4, 0.5) is 4.79 Å². The molecule has 0 radical (unpaired) electrons. The number of nitriles is 1. The van der Waals surface area contributed by atoms with E-state index >= 15 is 0 Å². The van der Waals surface area contributed by atoms with Gasteiger partial charge in [-0.05, 0) is 68.7 Å². The minimum atomic E-state index is -3.08. The van der Waals surface area contributed by atoms with Gasteiger partial charge in [-0.15, -0.1) is 0 Å². The van der Waals surface area contributed by atoms with E-state index in [1.807, 2.05) is 80.2 Å². The third-order valence-corrected chi connectivity index (χ3v) is 20.2. The van der Waals surface area contributed by atoms with Crippen LogP contribution in [0.15, 0.2) is 91.0 Å². The molecule has 374 valence electrons. The summed E-state index contributed by atoms with van der Waals surface area (Å²) in [6, 6.07) is 29.6. The van der Waals surface area contributed by atoms with Crippen molar-refractivity contribution in [1.29, 1.82) is 5.26 Å². The molecule has 3 fully saturated rings. The zero-order valence-corrected chi connectivity index (χ0v) is 43.5. The van der Waals surface area contributed by atoms with Crippen LogP contribution in [0, 0.1) is 24.2 Å². The van der Waals surface area contributed by atoms with Crippen LogP contribution in [0.25, 0.3) is 0 Å². The van der Waals surface area contributed by atoms with Crippen molar-refractivity contribution in [1.82, 2.24) is 14.7 Å². The number of rotatable bonds is 14. The minimum Gasteiger partial charge on any atom is -0.496 e. The van der Waals surface area contributed by atoms with Gasteiger partial charge in [-0.1, -0.05) is 112 Å². The number of piperazine rings is 1. The Morgan fingerprint density at radius 3 is 2.04 bits per heavy atom. The van der Waals surface area contributed by atoms with E-state index in [0.29, 0.717) is 42.1 Å². The molecule has 4 aliphatic rings. The summed E-state index contributed by atoms with van der Waals surface area (Å²) in [6.45, 7) is 14.0. The van der Waals surface area contributed by atoms with Crippen molar-refractivity contribution in [2.75, 3.05) is 41.5 Å². The van der Waals surface area contributed by atoms with Crippen molar-refractivity contribution < 1.29 is 47.5 Å². The average Bonchev–Trinajstić information content (AvgIpc) is 3.63. The van der Waals surface area contributed by atoms with Gasteiger partial charge in [0.05, 0.1) is 62.8 Å².